The van der Waals surface area contributed by atoms with Crippen LogP contribution in [0.3, 0.4) is 0 Å². The highest BCUT2D eigenvalue weighted by molar-refractivity contribution is 7.90. The first kappa shape index (κ1) is 31.8. The smallest absolute Gasteiger partial charge is 0.429 e. The van der Waals surface area contributed by atoms with Crippen LogP contribution in [-0.4, -0.2) is 67.1 Å². The maximum atomic E-state index is 14.6. The van der Waals surface area contributed by atoms with E-state index in [4.69, 9.17) is 22.1 Å². The first-order valence-corrected chi connectivity index (χ1v) is 16.0. The van der Waals surface area contributed by atoms with Gasteiger partial charge in [-0.3, -0.25) is 4.79 Å². The molecule has 2 aliphatic rings. The highest BCUT2D eigenvalue weighted by atomic mass is 35.5. The summed E-state index contributed by atoms with van der Waals surface area (Å²) < 4.78 is 73.6. The van der Waals surface area contributed by atoms with Crippen LogP contribution in [0.15, 0.2) is 53.4 Å². The van der Waals surface area contributed by atoms with Crippen molar-refractivity contribution >= 4 is 39.2 Å². The fourth-order valence-corrected chi connectivity index (χ4v) is 6.92. The summed E-state index contributed by atoms with van der Waals surface area (Å²) in [5.74, 6) is -1.29. The summed E-state index contributed by atoms with van der Waals surface area (Å²) in [4.78, 5) is 21.5. The second-order valence-corrected chi connectivity index (χ2v) is 13.8. The van der Waals surface area contributed by atoms with E-state index in [1.54, 1.807) is 0 Å². The zero-order valence-corrected chi connectivity index (χ0v) is 25.4. The monoisotopic (exact) mass is 653 g/mol. The van der Waals surface area contributed by atoms with Crippen LogP contribution in [0.5, 0.6) is 5.88 Å². The van der Waals surface area contributed by atoms with E-state index in [1.165, 1.54) is 48.5 Å². The van der Waals surface area contributed by atoms with Gasteiger partial charge >= 0.3 is 12.1 Å². The van der Waals surface area contributed by atoms with Crippen molar-refractivity contribution < 1.29 is 36.2 Å². The predicted octanol–water partition coefficient (Wildman–Crippen LogP) is 4.89. The molecular weight excluding hydrogens is 623 g/mol. The predicted molar refractivity (Wildman–Crippen MR) is 158 cm³/mol. The molecule has 3 aromatic rings. The van der Waals surface area contributed by atoms with E-state index in [2.05, 4.69) is 15.3 Å². The molecule has 44 heavy (non-hydrogen) atoms. The van der Waals surface area contributed by atoms with Gasteiger partial charge in [-0.05, 0) is 67.0 Å². The molecule has 0 radical (unpaired) electrons. The Kier molecular flexibility index (Phi) is 8.46. The minimum atomic E-state index is -4.92. The number of aliphatic carboxylic acids is 1. The van der Waals surface area contributed by atoms with E-state index in [1.807, 2.05) is 11.8 Å². The third-order valence-corrected chi connectivity index (χ3v) is 9.82. The number of nitrogens with zero attached hydrogens (tertiary/aromatic N) is 3. The van der Waals surface area contributed by atoms with E-state index < -0.39 is 40.0 Å². The zero-order chi connectivity index (χ0) is 32.0. The molecule has 3 heterocycles. The van der Waals surface area contributed by atoms with Crippen LogP contribution < -0.4 is 20.7 Å². The molecule has 0 saturated carbocycles. The average molecular weight is 654 g/mol. The number of nitrogen functional groups attached to an aromatic ring is 1. The van der Waals surface area contributed by atoms with Crippen LogP contribution in [0.2, 0.25) is 5.02 Å². The molecule has 2 fully saturated rings. The highest BCUT2D eigenvalue weighted by Crippen LogP contribution is 2.45. The number of piperidine rings is 1. The lowest BCUT2D eigenvalue weighted by Crippen LogP contribution is -2.45. The number of nitrogens with one attached hydrogen (secondary N) is 1. The van der Waals surface area contributed by atoms with Crippen LogP contribution in [0.1, 0.15) is 37.9 Å². The SMILES string of the molecule is CC1NC(C(=O)O)CC12CCN(c1cc(O[C@H](c3ccc(Cl)cc3-c3cccc(S(C)(=O)=O)c3)C(F)(F)F)nc(N)n1)CC2. The van der Waals surface area contributed by atoms with Gasteiger partial charge in [-0.1, -0.05) is 29.8 Å². The lowest BCUT2D eigenvalue weighted by atomic mass is 9.72. The third-order valence-electron chi connectivity index (χ3n) is 8.48. The molecule has 4 N–H and O–H groups in total. The second-order valence-electron chi connectivity index (χ2n) is 11.3. The summed E-state index contributed by atoms with van der Waals surface area (Å²) in [5.41, 5.74) is 5.63. The van der Waals surface area contributed by atoms with Gasteiger partial charge in [0.15, 0.2) is 9.84 Å². The fourth-order valence-electron chi connectivity index (χ4n) is 6.08. The lowest BCUT2D eigenvalue weighted by molar-refractivity contribution is -0.198. The molecule has 236 valence electrons. The number of hydrogen-bond donors (Lipinski definition) is 3. The summed E-state index contributed by atoms with van der Waals surface area (Å²) in [6.07, 6.45) is -4.64. The van der Waals surface area contributed by atoms with Gasteiger partial charge in [0.1, 0.15) is 11.9 Å². The van der Waals surface area contributed by atoms with Gasteiger partial charge in [-0.15, -0.1) is 0 Å². The molecule has 2 aliphatic heterocycles. The molecule has 10 nitrogen and oxygen atoms in total. The van der Waals surface area contributed by atoms with E-state index in [9.17, 15) is 31.5 Å². The lowest BCUT2D eigenvalue weighted by Gasteiger charge is -2.42. The Morgan fingerprint density at radius 2 is 1.89 bits per heavy atom. The van der Waals surface area contributed by atoms with Crippen LogP contribution >= 0.6 is 11.6 Å². The maximum absolute atomic E-state index is 14.6. The molecule has 0 aliphatic carbocycles. The number of alkyl halides is 3. The largest absolute Gasteiger partial charge is 0.480 e. The molecule has 2 saturated heterocycles. The molecule has 1 aromatic heterocycles. The van der Waals surface area contributed by atoms with E-state index in [0.717, 1.165) is 6.26 Å². The van der Waals surface area contributed by atoms with E-state index >= 15 is 0 Å². The minimum absolute atomic E-state index is 0.0145. The molecule has 2 unspecified atom stereocenters. The molecule has 15 heteroatoms. The van der Waals surface area contributed by atoms with Gasteiger partial charge < -0.3 is 25.8 Å². The molecule has 0 bridgehead atoms. The van der Waals surface area contributed by atoms with Crippen molar-refractivity contribution in [2.24, 2.45) is 5.41 Å². The Hall–Kier alpha value is -3.62. The normalized spacial score (nSPS) is 20.9. The van der Waals surface area contributed by atoms with E-state index in [0.29, 0.717) is 32.4 Å². The van der Waals surface area contributed by atoms with Crippen LogP contribution in [0, 0.1) is 5.41 Å². The first-order valence-electron chi connectivity index (χ1n) is 13.8. The number of hydrogen-bond acceptors (Lipinski definition) is 9. The standard InChI is InChI=1S/C29H31ClF3N5O5S/c1-16-28(15-22(35-16)26(39)40)8-10-38(11-9-28)23-14-24(37-27(34)36-23)43-25(29(31,32)33)20-7-6-18(30)13-21(20)17-4-3-5-19(12-17)44(2,41)42/h3-7,12-14,16,22,25,35H,8-11,15H2,1-2H3,(H,39,40)(H2,34,36,37)/t16?,22?,25-/m1/s1. The number of nitrogens with two attached hydrogens (primary N) is 1. The first-order chi connectivity index (χ1) is 20.6. The van der Waals surface area contributed by atoms with Crippen LogP contribution in [0.4, 0.5) is 24.9 Å². The van der Waals surface area contributed by atoms with Crippen molar-refractivity contribution in [1.82, 2.24) is 15.3 Å². The summed E-state index contributed by atoms with van der Waals surface area (Å²) in [7, 11) is -3.64. The van der Waals surface area contributed by atoms with Gasteiger partial charge in [0.05, 0.1) is 4.90 Å². The number of carbonyl (C=O) groups is 1. The van der Waals surface area contributed by atoms with Gasteiger partial charge in [-0.25, -0.2) is 8.42 Å². The van der Waals surface area contributed by atoms with Crippen molar-refractivity contribution in [2.75, 3.05) is 30.0 Å². The zero-order valence-electron chi connectivity index (χ0n) is 23.8. The summed E-state index contributed by atoms with van der Waals surface area (Å²) in [6, 6.07) is 9.99. The topological polar surface area (TPSA) is 148 Å². The molecule has 5 rings (SSSR count). The van der Waals surface area contributed by atoms with Gasteiger partial charge in [-0.2, -0.15) is 23.1 Å². The second kappa shape index (κ2) is 11.7. The number of anilines is 2. The molecule has 1 spiro atoms. The van der Waals surface area contributed by atoms with Crippen molar-refractivity contribution in [3.8, 4) is 17.0 Å². The molecule has 3 atom stereocenters. The fraction of sp³-hybridized carbons (Fsp3) is 0.414. The number of rotatable bonds is 7. The Balaban J connectivity index is 1.44. The van der Waals surface area contributed by atoms with Crippen LogP contribution in [0.25, 0.3) is 11.1 Å². The number of carboxylic acid groups (broad SMARTS) is 1. The van der Waals surface area contributed by atoms with Crippen molar-refractivity contribution in [3.63, 3.8) is 0 Å². The van der Waals surface area contributed by atoms with Crippen molar-refractivity contribution in [2.45, 2.75) is 55.4 Å². The quantitative estimate of drug-likeness (QED) is 0.322. The van der Waals surface area contributed by atoms with Gasteiger partial charge in [0.2, 0.25) is 17.9 Å². The van der Waals surface area contributed by atoms with Crippen molar-refractivity contribution in [3.05, 3.63) is 59.1 Å². The van der Waals surface area contributed by atoms with Crippen LogP contribution in [-0.2, 0) is 14.6 Å². The summed E-state index contributed by atoms with van der Waals surface area (Å²) in [5, 5.41) is 12.7. The summed E-state index contributed by atoms with van der Waals surface area (Å²) >= 11 is 6.16. The third kappa shape index (κ3) is 6.57. The Morgan fingerprint density at radius 3 is 2.50 bits per heavy atom. The number of sulfone groups is 1. The number of benzene rings is 2. The number of aromatic nitrogens is 2. The molecule has 0 amide bonds. The summed E-state index contributed by atoms with van der Waals surface area (Å²) in [6.45, 7) is 2.93. The highest BCUT2D eigenvalue weighted by Gasteiger charge is 2.49. The van der Waals surface area contributed by atoms with Gasteiger partial charge in [0, 0.05) is 42.0 Å². The number of carboxylic acids is 1. The van der Waals surface area contributed by atoms with Gasteiger partial charge in [0.25, 0.3) is 0 Å². The van der Waals surface area contributed by atoms with E-state index in [-0.39, 0.29) is 49.8 Å². The Bertz CT molecular complexity index is 1680. The molecule has 2 aromatic carbocycles. The Morgan fingerprint density at radius 1 is 1.18 bits per heavy atom. The average Bonchev–Trinajstić information content (AvgIpc) is 3.26. The minimum Gasteiger partial charge on any atom is -0.480 e. The van der Waals surface area contributed by atoms with Crippen molar-refractivity contribution in [1.29, 1.82) is 0 Å². The molecular formula is C29H31ClF3N5O5S. The maximum Gasteiger partial charge on any atom is 0.429 e. The number of halogens is 4. The Labute approximate surface area is 257 Å². The number of ether oxygens (including phenoxy) is 1.